The molecular formula is C26H26ClF3N4O3S. The Bertz CT molecular complexity index is 1410. The highest BCUT2D eigenvalue weighted by molar-refractivity contribution is 7.22. The normalized spacial score (nSPS) is 19.1. The summed E-state index contributed by atoms with van der Waals surface area (Å²) in [6.07, 6.45) is -0.923. The van der Waals surface area contributed by atoms with E-state index in [0.29, 0.717) is 30.4 Å². The molecule has 38 heavy (non-hydrogen) atoms. The summed E-state index contributed by atoms with van der Waals surface area (Å²) in [5.41, 5.74) is -1.42. The van der Waals surface area contributed by atoms with Crippen molar-refractivity contribution in [2.24, 2.45) is 5.41 Å². The number of benzene rings is 2. The Morgan fingerprint density at radius 2 is 1.68 bits per heavy atom. The van der Waals surface area contributed by atoms with Crippen LogP contribution in [0.15, 0.2) is 41.2 Å². The predicted molar refractivity (Wildman–Crippen MR) is 142 cm³/mol. The van der Waals surface area contributed by atoms with Gasteiger partial charge in [-0.05, 0) is 74.9 Å². The van der Waals surface area contributed by atoms with Crippen molar-refractivity contribution in [3.63, 3.8) is 0 Å². The first-order valence-electron chi connectivity index (χ1n) is 12.4. The fourth-order valence-corrected chi connectivity index (χ4v) is 6.83. The minimum atomic E-state index is -4.81. The van der Waals surface area contributed by atoms with E-state index in [-0.39, 0.29) is 21.5 Å². The van der Waals surface area contributed by atoms with E-state index in [2.05, 4.69) is 28.9 Å². The lowest BCUT2D eigenvalue weighted by Gasteiger charge is -2.48. The van der Waals surface area contributed by atoms with Gasteiger partial charge in [-0.25, -0.2) is 0 Å². The lowest BCUT2D eigenvalue weighted by Crippen LogP contribution is -2.47. The molecule has 0 N–H and O–H groups in total. The van der Waals surface area contributed by atoms with Gasteiger partial charge < -0.3 is 4.90 Å². The molecule has 1 spiro atoms. The molecule has 5 rings (SSSR count). The molecule has 0 saturated carbocycles. The molecule has 2 aromatic carbocycles. The number of fused-ring (bicyclic) bond motifs is 1. The van der Waals surface area contributed by atoms with Crippen molar-refractivity contribution in [2.75, 3.05) is 31.1 Å². The zero-order valence-electron chi connectivity index (χ0n) is 20.6. The molecule has 0 radical (unpaired) electrons. The molecule has 1 atom stereocenters. The van der Waals surface area contributed by atoms with Gasteiger partial charge in [-0.3, -0.25) is 19.8 Å². The van der Waals surface area contributed by atoms with E-state index in [1.807, 2.05) is 17.0 Å². The number of nitro benzene ring substituents is 1. The number of aromatic nitrogens is 1. The van der Waals surface area contributed by atoms with Crippen molar-refractivity contribution in [1.29, 1.82) is 0 Å². The molecule has 0 bridgehead atoms. The van der Waals surface area contributed by atoms with Crippen LogP contribution in [0.5, 0.6) is 0 Å². The molecule has 202 valence electrons. The number of rotatable bonds is 4. The Morgan fingerprint density at radius 1 is 1.08 bits per heavy atom. The van der Waals surface area contributed by atoms with Crippen LogP contribution in [-0.2, 0) is 6.18 Å². The minimum Gasteiger partial charge on any atom is -0.348 e. The lowest BCUT2D eigenvalue weighted by molar-refractivity contribution is -0.383. The standard InChI is InChI=1S/C26H26ClF3N4O3S/c1-16(17-2-4-19(27)5-3-17)32-10-6-25(7-11-32)8-12-33(13-9-25)24-31-23(35)20-14-18(26(28,29)30)15-21(34(36)37)22(20)38-24/h2-5,14-16H,6-13H2,1H3. The molecule has 2 fully saturated rings. The molecule has 0 aliphatic carbocycles. The van der Waals surface area contributed by atoms with Gasteiger partial charge in [0, 0.05) is 30.2 Å². The van der Waals surface area contributed by atoms with Crippen molar-refractivity contribution in [1.82, 2.24) is 9.88 Å². The Balaban J connectivity index is 1.30. The first kappa shape index (κ1) is 26.8. The largest absolute Gasteiger partial charge is 0.416 e. The highest BCUT2D eigenvalue weighted by atomic mass is 35.5. The number of hydrogen-bond acceptors (Lipinski definition) is 7. The van der Waals surface area contributed by atoms with E-state index >= 15 is 0 Å². The number of piperidine rings is 2. The number of non-ortho nitro benzene ring substituents is 1. The number of anilines is 1. The third-order valence-corrected chi connectivity index (χ3v) is 9.48. The van der Waals surface area contributed by atoms with Crippen LogP contribution in [0.1, 0.15) is 49.8 Å². The molecular weight excluding hydrogens is 541 g/mol. The maximum atomic E-state index is 13.2. The second kappa shape index (κ2) is 10.1. The molecule has 2 aliphatic heterocycles. The summed E-state index contributed by atoms with van der Waals surface area (Å²) in [4.78, 5) is 31.8. The Morgan fingerprint density at radius 3 is 2.26 bits per heavy atom. The monoisotopic (exact) mass is 566 g/mol. The summed E-state index contributed by atoms with van der Waals surface area (Å²) in [6.45, 7) is 5.41. The second-order valence-electron chi connectivity index (χ2n) is 10.2. The van der Waals surface area contributed by atoms with E-state index < -0.39 is 27.9 Å². The third kappa shape index (κ3) is 5.23. The SMILES string of the molecule is CC(c1ccc(Cl)cc1)N1CCC2(CCN(c3nc(=O)c4cc(C(F)(F)F)cc([N+](=O)[O-])c4s3)CC2)CC1. The lowest BCUT2D eigenvalue weighted by atomic mass is 9.71. The molecule has 0 amide bonds. The molecule has 3 heterocycles. The van der Waals surface area contributed by atoms with Gasteiger partial charge in [-0.15, -0.1) is 0 Å². The van der Waals surface area contributed by atoms with Gasteiger partial charge in [0.25, 0.3) is 11.2 Å². The number of hydrogen-bond donors (Lipinski definition) is 0. The quantitative estimate of drug-likeness (QED) is 0.259. The number of likely N-dealkylation sites (tertiary alicyclic amines) is 1. The molecule has 1 aromatic heterocycles. The predicted octanol–water partition coefficient (Wildman–Crippen LogP) is 6.68. The van der Waals surface area contributed by atoms with Crippen LogP contribution in [0.3, 0.4) is 0 Å². The van der Waals surface area contributed by atoms with E-state index in [4.69, 9.17) is 11.6 Å². The van der Waals surface area contributed by atoms with Crippen molar-refractivity contribution < 1.29 is 18.1 Å². The maximum absolute atomic E-state index is 13.2. The van der Waals surface area contributed by atoms with E-state index in [9.17, 15) is 28.1 Å². The Labute approximate surface area is 226 Å². The van der Waals surface area contributed by atoms with E-state index in [1.165, 1.54) is 5.56 Å². The molecule has 12 heteroatoms. The summed E-state index contributed by atoms with van der Waals surface area (Å²) in [5, 5.41) is 12.2. The first-order chi connectivity index (χ1) is 18.0. The fraction of sp³-hybridized carbons (Fsp3) is 0.462. The molecule has 3 aromatic rings. The summed E-state index contributed by atoms with van der Waals surface area (Å²) in [5.74, 6) is 0. The fourth-order valence-electron chi connectivity index (χ4n) is 5.59. The van der Waals surface area contributed by atoms with Crippen molar-refractivity contribution >= 4 is 43.8 Å². The zero-order valence-corrected chi connectivity index (χ0v) is 22.2. The molecule has 7 nitrogen and oxygen atoms in total. The molecule has 2 aliphatic rings. The number of alkyl halides is 3. The van der Waals surface area contributed by atoms with Crippen LogP contribution in [0.25, 0.3) is 10.1 Å². The van der Waals surface area contributed by atoms with E-state index in [1.54, 1.807) is 0 Å². The van der Waals surface area contributed by atoms with Crippen LogP contribution in [-0.4, -0.2) is 41.0 Å². The van der Waals surface area contributed by atoms with Crippen LogP contribution in [0, 0.1) is 15.5 Å². The van der Waals surface area contributed by atoms with Crippen molar-refractivity contribution in [3.05, 3.63) is 73.0 Å². The topological polar surface area (TPSA) is 79.6 Å². The van der Waals surface area contributed by atoms with Gasteiger partial charge >= 0.3 is 6.18 Å². The van der Waals surface area contributed by atoms with Gasteiger partial charge in [0.2, 0.25) is 0 Å². The summed E-state index contributed by atoms with van der Waals surface area (Å²) >= 11 is 6.94. The van der Waals surface area contributed by atoms with Gasteiger partial charge in [0.15, 0.2) is 5.13 Å². The average molecular weight is 567 g/mol. The van der Waals surface area contributed by atoms with Gasteiger partial charge in [-0.2, -0.15) is 18.2 Å². The average Bonchev–Trinajstić information content (AvgIpc) is 2.88. The molecule has 2 saturated heterocycles. The number of nitrogens with zero attached hydrogens (tertiary/aromatic N) is 4. The number of halogens is 4. The van der Waals surface area contributed by atoms with Crippen LogP contribution >= 0.6 is 22.9 Å². The van der Waals surface area contributed by atoms with Crippen LogP contribution < -0.4 is 10.5 Å². The van der Waals surface area contributed by atoms with Crippen LogP contribution in [0.4, 0.5) is 24.0 Å². The highest BCUT2D eigenvalue weighted by Crippen LogP contribution is 2.45. The Hall–Kier alpha value is -2.76. The maximum Gasteiger partial charge on any atom is 0.416 e. The Kier molecular flexibility index (Phi) is 7.12. The second-order valence-corrected chi connectivity index (χ2v) is 11.6. The van der Waals surface area contributed by atoms with Crippen molar-refractivity contribution in [3.8, 4) is 0 Å². The number of nitro groups is 1. The first-order valence-corrected chi connectivity index (χ1v) is 13.6. The van der Waals surface area contributed by atoms with Crippen molar-refractivity contribution in [2.45, 2.75) is 44.8 Å². The highest BCUT2D eigenvalue weighted by Gasteiger charge is 2.39. The summed E-state index contributed by atoms with van der Waals surface area (Å²) < 4.78 is 39.7. The van der Waals surface area contributed by atoms with Gasteiger partial charge in [-0.1, -0.05) is 35.1 Å². The summed E-state index contributed by atoms with van der Waals surface area (Å²) in [6, 6.07) is 9.38. The minimum absolute atomic E-state index is 0.0808. The van der Waals surface area contributed by atoms with Crippen LogP contribution in [0.2, 0.25) is 5.02 Å². The molecule has 1 unspecified atom stereocenters. The zero-order chi connectivity index (χ0) is 27.2. The van der Waals surface area contributed by atoms with Gasteiger partial charge in [0.1, 0.15) is 4.70 Å². The van der Waals surface area contributed by atoms with E-state index in [0.717, 1.165) is 55.1 Å². The summed E-state index contributed by atoms with van der Waals surface area (Å²) in [7, 11) is 0. The third-order valence-electron chi connectivity index (χ3n) is 8.07. The van der Waals surface area contributed by atoms with Gasteiger partial charge in [0.05, 0.1) is 15.9 Å². The smallest absolute Gasteiger partial charge is 0.348 e.